The Morgan fingerprint density at radius 2 is 1.50 bits per heavy atom. The molecule has 0 aliphatic carbocycles. The molecule has 4 rings (SSSR count). The Bertz CT molecular complexity index is 901. The van der Waals surface area contributed by atoms with Crippen LogP contribution in [0.15, 0.2) is 54.6 Å². The van der Waals surface area contributed by atoms with E-state index in [0.717, 1.165) is 47.5 Å². The van der Waals surface area contributed by atoms with Gasteiger partial charge in [0, 0.05) is 18.8 Å². The van der Waals surface area contributed by atoms with Gasteiger partial charge in [-0.25, -0.2) is 4.79 Å². The summed E-state index contributed by atoms with van der Waals surface area (Å²) in [6, 6.07) is 18.3. The highest BCUT2D eigenvalue weighted by atomic mass is 16.6. The molecule has 2 N–H and O–H groups in total. The molecule has 0 aromatic heterocycles. The molecule has 3 heteroatoms. The first-order valence-corrected chi connectivity index (χ1v) is 9.52. The molecular weight excluding hydrogens is 322 g/mol. The Morgan fingerprint density at radius 1 is 0.962 bits per heavy atom. The van der Waals surface area contributed by atoms with E-state index in [2.05, 4.69) is 37.4 Å². The van der Waals surface area contributed by atoms with E-state index in [1.165, 1.54) is 0 Å². The maximum Gasteiger partial charge on any atom is 0.339 e. The summed E-state index contributed by atoms with van der Waals surface area (Å²) >= 11 is 0. The van der Waals surface area contributed by atoms with Gasteiger partial charge in [0.2, 0.25) is 0 Å². The van der Waals surface area contributed by atoms with Crippen LogP contribution in [-0.4, -0.2) is 24.7 Å². The van der Waals surface area contributed by atoms with Crippen molar-refractivity contribution in [3.63, 3.8) is 0 Å². The molecule has 3 nitrogen and oxygen atoms in total. The molecule has 0 unspecified atom stereocenters. The zero-order valence-corrected chi connectivity index (χ0v) is 15.5. The van der Waals surface area contributed by atoms with Gasteiger partial charge in [-0.1, -0.05) is 48.5 Å². The van der Waals surface area contributed by atoms with Gasteiger partial charge >= 0.3 is 5.97 Å². The van der Waals surface area contributed by atoms with Crippen LogP contribution in [-0.2, 0) is 4.74 Å². The van der Waals surface area contributed by atoms with Crippen LogP contribution >= 0.6 is 0 Å². The van der Waals surface area contributed by atoms with Crippen molar-refractivity contribution in [2.75, 3.05) is 13.1 Å². The van der Waals surface area contributed by atoms with Gasteiger partial charge in [-0.05, 0) is 41.5 Å². The number of esters is 1. The SMILES string of the molecule is CC(C)(OC(=O)c1c2ccccc2cc2ccccc12)C1CC[NH2+]CC1. The number of carbonyl (C=O) groups is 1. The molecule has 0 bridgehead atoms. The molecular formula is C23H26NO2+. The van der Waals surface area contributed by atoms with Gasteiger partial charge in [0.25, 0.3) is 0 Å². The molecule has 134 valence electrons. The Hall–Kier alpha value is -2.39. The number of carbonyl (C=O) groups excluding carboxylic acids is 1. The van der Waals surface area contributed by atoms with Gasteiger partial charge in [-0.3, -0.25) is 0 Å². The molecule has 1 aliphatic rings. The molecule has 3 aromatic rings. The summed E-state index contributed by atoms with van der Waals surface area (Å²) in [6.45, 7) is 6.36. The first-order valence-electron chi connectivity index (χ1n) is 9.52. The summed E-state index contributed by atoms with van der Waals surface area (Å²) in [5.74, 6) is 0.204. The third-order valence-corrected chi connectivity index (χ3v) is 5.75. The molecule has 26 heavy (non-hydrogen) atoms. The highest BCUT2D eigenvalue weighted by molar-refractivity contribution is 6.16. The second-order valence-corrected chi connectivity index (χ2v) is 7.83. The van der Waals surface area contributed by atoms with Gasteiger partial charge in [0.1, 0.15) is 5.60 Å². The Balaban J connectivity index is 1.78. The minimum absolute atomic E-state index is 0.211. The normalized spacial score (nSPS) is 16.1. The second-order valence-electron chi connectivity index (χ2n) is 7.83. The molecule has 0 radical (unpaired) electrons. The maximum atomic E-state index is 13.3. The Morgan fingerprint density at radius 3 is 2.08 bits per heavy atom. The zero-order valence-electron chi connectivity index (χ0n) is 15.5. The van der Waals surface area contributed by atoms with Crippen LogP contribution in [0, 0.1) is 5.92 Å². The predicted molar refractivity (Wildman–Crippen MR) is 105 cm³/mol. The molecule has 1 saturated heterocycles. The van der Waals surface area contributed by atoms with Crippen molar-refractivity contribution in [2.24, 2.45) is 5.92 Å². The fourth-order valence-electron chi connectivity index (χ4n) is 4.23. The van der Waals surface area contributed by atoms with Crippen molar-refractivity contribution >= 4 is 27.5 Å². The number of quaternary nitrogens is 1. The van der Waals surface area contributed by atoms with Crippen LogP contribution in [0.2, 0.25) is 0 Å². The minimum Gasteiger partial charge on any atom is -0.456 e. The molecule has 1 fully saturated rings. The lowest BCUT2D eigenvalue weighted by Crippen LogP contribution is -2.86. The first kappa shape index (κ1) is 17.0. The van der Waals surface area contributed by atoms with Crippen molar-refractivity contribution < 1.29 is 14.8 Å². The van der Waals surface area contributed by atoms with Gasteiger partial charge in [-0.2, -0.15) is 0 Å². The van der Waals surface area contributed by atoms with Crippen LogP contribution in [0.4, 0.5) is 0 Å². The van der Waals surface area contributed by atoms with E-state index in [1.54, 1.807) is 0 Å². The van der Waals surface area contributed by atoms with E-state index in [4.69, 9.17) is 4.74 Å². The highest BCUT2D eigenvalue weighted by Gasteiger charge is 2.36. The quantitative estimate of drug-likeness (QED) is 0.576. The number of ether oxygens (including phenoxy) is 1. The summed E-state index contributed by atoms with van der Waals surface area (Å²) in [4.78, 5) is 13.3. The van der Waals surface area contributed by atoms with Crippen molar-refractivity contribution in [1.29, 1.82) is 0 Å². The van der Waals surface area contributed by atoms with Crippen molar-refractivity contribution in [2.45, 2.75) is 32.3 Å². The van der Waals surface area contributed by atoms with Crippen LogP contribution in [0.25, 0.3) is 21.5 Å². The van der Waals surface area contributed by atoms with Gasteiger partial charge < -0.3 is 10.1 Å². The number of rotatable bonds is 3. The highest BCUT2D eigenvalue weighted by Crippen LogP contribution is 2.33. The number of hydrogen-bond donors (Lipinski definition) is 1. The van der Waals surface area contributed by atoms with Gasteiger partial charge in [0.05, 0.1) is 18.7 Å². The average Bonchev–Trinajstić information content (AvgIpc) is 2.66. The summed E-state index contributed by atoms with van der Waals surface area (Å²) in [7, 11) is 0. The lowest BCUT2D eigenvalue weighted by molar-refractivity contribution is -0.665. The molecule has 1 aliphatic heterocycles. The van der Waals surface area contributed by atoms with E-state index in [9.17, 15) is 4.79 Å². The van der Waals surface area contributed by atoms with E-state index >= 15 is 0 Å². The average molecular weight is 348 g/mol. The Kier molecular flexibility index (Phi) is 4.41. The van der Waals surface area contributed by atoms with E-state index in [-0.39, 0.29) is 5.97 Å². The number of benzene rings is 3. The van der Waals surface area contributed by atoms with Crippen molar-refractivity contribution in [3.8, 4) is 0 Å². The monoisotopic (exact) mass is 348 g/mol. The lowest BCUT2D eigenvalue weighted by Gasteiger charge is -2.35. The van der Waals surface area contributed by atoms with E-state index in [1.807, 2.05) is 36.4 Å². The number of fused-ring (bicyclic) bond motifs is 2. The molecule has 3 aromatic carbocycles. The number of piperidine rings is 1. The molecule has 1 heterocycles. The standard InChI is InChI=1S/C23H25NO2/c1-23(2,18-11-13-24-14-12-18)26-22(25)21-19-9-5-3-7-16(19)15-17-8-4-6-10-20(17)21/h3-10,15,18,24H,11-14H2,1-2H3/p+1. The maximum absolute atomic E-state index is 13.3. The third kappa shape index (κ3) is 3.08. The minimum atomic E-state index is -0.455. The first-order chi connectivity index (χ1) is 12.6. The third-order valence-electron chi connectivity index (χ3n) is 5.75. The summed E-state index contributed by atoms with van der Waals surface area (Å²) in [5.41, 5.74) is 0.234. The molecule has 0 saturated carbocycles. The predicted octanol–water partition coefficient (Wildman–Crippen LogP) is 3.90. The van der Waals surface area contributed by atoms with Gasteiger partial charge in [-0.15, -0.1) is 0 Å². The molecule has 0 atom stereocenters. The summed E-state index contributed by atoms with van der Waals surface area (Å²) < 4.78 is 6.13. The number of hydrogen-bond acceptors (Lipinski definition) is 2. The van der Waals surface area contributed by atoms with E-state index in [0.29, 0.717) is 11.5 Å². The van der Waals surface area contributed by atoms with Crippen LogP contribution in [0.3, 0.4) is 0 Å². The van der Waals surface area contributed by atoms with Crippen molar-refractivity contribution in [3.05, 3.63) is 60.2 Å². The Labute approximate surface area is 154 Å². The second kappa shape index (κ2) is 6.73. The smallest absolute Gasteiger partial charge is 0.339 e. The van der Waals surface area contributed by atoms with E-state index < -0.39 is 5.60 Å². The largest absolute Gasteiger partial charge is 0.456 e. The fraction of sp³-hybridized carbons (Fsp3) is 0.348. The zero-order chi connectivity index (χ0) is 18.1. The molecule has 0 amide bonds. The lowest BCUT2D eigenvalue weighted by atomic mass is 9.83. The van der Waals surface area contributed by atoms with Crippen LogP contribution in [0.5, 0.6) is 0 Å². The van der Waals surface area contributed by atoms with Gasteiger partial charge in [0.15, 0.2) is 0 Å². The molecule has 0 spiro atoms. The number of nitrogens with two attached hydrogens (primary N) is 1. The summed E-state index contributed by atoms with van der Waals surface area (Å²) in [5, 5.41) is 6.41. The summed E-state index contributed by atoms with van der Waals surface area (Å²) in [6.07, 6.45) is 2.19. The van der Waals surface area contributed by atoms with Crippen LogP contribution in [0.1, 0.15) is 37.0 Å². The van der Waals surface area contributed by atoms with Crippen LogP contribution < -0.4 is 5.32 Å². The fourth-order valence-corrected chi connectivity index (χ4v) is 4.23. The van der Waals surface area contributed by atoms with Crippen molar-refractivity contribution in [1.82, 2.24) is 0 Å². The topological polar surface area (TPSA) is 42.9 Å².